The molecule has 2 aromatic heterocycles. The van der Waals surface area contributed by atoms with Crippen molar-refractivity contribution < 1.29 is 13.6 Å². The highest BCUT2D eigenvalue weighted by Crippen LogP contribution is 2.13. The molecule has 120 valence electrons. The van der Waals surface area contributed by atoms with Crippen molar-refractivity contribution in [1.82, 2.24) is 20.3 Å². The summed E-state index contributed by atoms with van der Waals surface area (Å²) in [6, 6.07) is 7.08. The van der Waals surface area contributed by atoms with E-state index in [9.17, 15) is 13.6 Å². The predicted molar refractivity (Wildman–Crippen MR) is 82.8 cm³/mol. The van der Waals surface area contributed by atoms with E-state index in [1.165, 1.54) is 18.5 Å². The molecule has 0 bridgehead atoms. The number of halogens is 2. The summed E-state index contributed by atoms with van der Waals surface area (Å²) in [5.74, 6) is -1.51. The number of rotatable bonds is 4. The largest absolute Gasteiger partial charge is 0.348 e. The minimum Gasteiger partial charge on any atom is -0.348 e. The third-order valence-corrected chi connectivity index (χ3v) is 3.32. The van der Waals surface area contributed by atoms with Crippen LogP contribution in [0.15, 0.2) is 55.1 Å². The Morgan fingerprint density at radius 1 is 1.00 bits per heavy atom. The molecule has 1 aromatic carbocycles. The van der Waals surface area contributed by atoms with E-state index >= 15 is 0 Å². The van der Waals surface area contributed by atoms with Gasteiger partial charge in [-0.1, -0.05) is 6.07 Å². The molecule has 1 amide bonds. The molecule has 3 aromatic rings. The maximum atomic E-state index is 13.5. The first-order valence-electron chi connectivity index (χ1n) is 7.08. The molecule has 0 fully saturated rings. The van der Waals surface area contributed by atoms with Gasteiger partial charge in [0.15, 0.2) is 5.82 Å². The summed E-state index contributed by atoms with van der Waals surface area (Å²) in [7, 11) is 0. The van der Waals surface area contributed by atoms with Crippen LogP contribution in [-0.2, 0) is 6.54 Å². The van der Waals surface area contributed by atoms with E-state index in [0.717, 1.165) is 17.7 Å². The third-order valence-electron chi connectivity index (χ3n) is 3.32. The normalized spacial score (nSPS) is 10.4. The fourth-order valence-electron chi connectivity index (χ4n) is 2.06. The summed E-state index contributed by atoms with van der Waals surface area (Å²) < 4.78 is 27.0. The Labute approximate surface area is 136 Å². The van der Waals surface area contributed by atoms with Crippen molar-refractivity contribution in [3.8, 4) is 11.4 Å². The Hall–Kier alpha value is -3.22. The molecule has 0 aliphatic rings. The van der Waals surface area contributed by atoms with Crippen LogP contribution >= 0.6 is 0 Å². The average Bonchev–Trinajstić information content (AvgIpc) is 2.62. The van der Waals surface area contributed by atoms with Crippen molar-refractivity contribution in [3.63, 3.8) is 0 Å². The number of pyridine rings is 1. The Balaban J connectivity index is 1.70. The average molecular weight is 326 g/mol. The van der Waals surface area contributed by atoms with Gasteiger partial charge in [-0.25, -0.2) is 18.7 Å². The number of aromatic nitrogens is 3. The van der Waals surface area contributed by atoms with E-state index in [2.05, 4.69) is 20.3 Å². The minimum absolute atomic E-state index is 0.194. The van der Waals surface area contributed by atoms with Crippen molar-refractivity contribution in [1.29, 1.82) is 0 Å². The zero-order valence-electron chi connectivity index (χ0n) is 12.4. The van der Waals surface area contributed by atoms with Crippen LogP contribution < -0.4 is 5.32 Å². The molecule has 0 spiro atoms. The first-order chi connectivity index (χ1) is 11.6. The molecule has 5 nitrogen and oxygen atoms in total. The van der Waals surface area contributed by atoms with Crippen LogP contribution in [0.1, 0.15) is 15.9 Å². The highest BCUT2D eigenvalue weighted by molar-refractivity contribution is 5.93. The number of carbonyl (C=O) groups excluding carboxylic acids is 1. The highest BCUT2D eigenvalue weighted by atomic mass is 19.1. The van der Waals surface area contributed by atoms with Gasteiger partial charge in [-0.3, -0.25) is 9.78 Å². The van der Waals surface area contributed by atoms with Crippen molar-refractivity contribution in [2.75, 3.05) is 0 Å². The van der Waals surface area contributed by atoms with Crippen LogP contribution in [0, 0.1) is 11.6 Å². The number of carbonyl (C=O) groups is 1. The summed E-state index contributed by atoms with van der Waals surface area (Å²) in [6.45, 7) is -0.262. The topological polar surface area (TPSA) is 67.8 Å². The minimum atomic E-state index is -0.710. The number of hydrogen-bond acceptors (Lipinski definition) is 4. The van der Waals surface area contributed by atoms with Gasteiger partial charge < -0.3 is 5.32 Å². The van der Waals surface area contributed by atoms with E-state index in [4.69, 9.17) is 0 Å². The smallest absolute Gasteiger partial charge is 0.254 e. The first kappa shape index (κ1) is 15.7. The zero-order valence-corrected chi connectivity index (χ0v) is 12.4. The van der Waals surface area contributed by atoms with Crippen LogP contribution in [0.3, 0.4) is 0 Å². The van der Waals surface area contributed by atoms with Crippen molar-refractivity contribution in [3.05, 3.63) is 77.9 Å². The van der Waals surface area contributed by atoms with Gasteiger partial charge in [0.25, 0.3) is 5.91 Å². The third kappa shape index (κ3) is 3.40. The van der Waals surface area contributed by atoms with Crippen molar-refractivity contribution in [2.24, 2.45) is 0 Å². The monoisotopic (exact) mass is 326 g/mol. The maximum Gasteiger partial charge on any atom is 0.254 e. The Kier molecular flexibility index (Phi) is 4.51. The standard InChI is InChI=1S/C17H12F2N4O/c18-14-4-1-5-15(19)13(14)10-23-17(24)12-8-21-16(22-9-12)11-3-2-6-20-7-11/h1-9H,10H2,(H,23,24). The number of nitrogens with zero attached hydrogens (tertiary/aromatic N) is 3. The van der Waals surface area contributed by atoms with Gasteiger partial charge in [0.05, 0.1) is 5.56 Å². The second-order valence-electron chi connectivity index (χ2n) is 4.92. The lowest BCUT2D eigenvalue weighted by Gasteiger charge is -2.07. The van der Waals surface area contributed by atoms with Crippen molar-refractivity contribution in [2.45, 2.75) is 6.54 Å². The van der Waals surface area contributed by atoms with Crippen LogP contribution in [0.5, 0.6) is 0 Å². The molecule has 0 saturated heterocycles. The number of hydrogen-bond donors (Lipinski definition) is 1. The van der Waals surface area contributed by atoms with Gasteiger partial charge >= 0.3 is 0 Å². The SMILES string of the molecule is O=C(NCc1c(F)cccc1F)c1cnc(-c2cccnc2)nc1. The Bertz CT molecular complexity index is 834. The molecule has 0 atom stereocenters. The molecule has 3 rings (SSSR count). The Morgan fingerprint density at radius 2 is 1.71 bits per heavy atom. The lowest BCUT2D eigenvalue weighted by atomic mass is 10.2. The zero-order chi connectivity index (χ0) is 16.9. The van der Waals surface area contributed by atoms with Gasteiger partial charge in [0, 0.05) is 42.5 Å². The van der Waals surface area contributed by atoms with Gasteiger partial charge in [-0.15, -0.1) is 0 Å². The number of nitrogens with one attached hydrogen (secondary N) is 1. The summed E-state index contributed by atoms with van der Waals surface area (Å²) in [5.41, 5.74) is 0.719. The summed E-state index contributed by atoms with van der Waals surface area (Å²) in [6.07, 6.45) is 5.94. The van der Waals surface area contributed by atoms with Crippen LogP contribution in [0.25, 0.3) is 11.4 Å². The van der Waals surface area contributed by atoms with E-state index in [1.807, 2.05) is 0 Å². The van der Waals surface area contributed by atoms with Gasteiger partial charge in [0.1, 0.15) is 11.6 Å². The van der Waals surface area contributed by atoms with Gasteiger partial charge in [-0.2, -0.15) is 0 Å². The number of amides is 1. The molecule has 0 aliphatic heterocycles. The lowest BCUT2D eigenvalue weighted by Crippen LogP contribution is -2.24. The van der Waals surface area contributed by atoms with E-state index in [-0.39, 0.29) is 17.7 Å². The van der Waals surface area contributed by atoms with E-state index in [1.54, 1.807) is 24.5 Å². The molecule has 2 heterocycles. The molecular weight excluding hydrogens is 314 g/mol. The molecule has 24 heavy (non-hydrogen) atoms. The summed E-state index contributed by atoms with van der Waals surface area (Å²) >= 11 is 0. The van der Waals surface area contributed by atoms with Gasteiger partial charge in [-0.05, 0) is 24.3 Å². The van der Waals surface area contributed by atoms with E-state index < -0.39 is 17.5 Å². The molecule has 7 heteroatoms. The molecular formula is C17H12F2N4O. The highest BCUT2D eigenvalue weighted by Gasteiger charge is 2.12. The number of benzene rings is 1. The van der Waals surface area contributed by atoms with E-state index in [0.29, 0.717) is 5.82 Å². The quantitative estimate of drug-likeness (QED) is 0.800. The summed E-state index contributed by atoms with van der Waals surface area (Å²) in [5, 5.41) is 2.44. The molecule has 0 saturated carbocycles. The van der Waals surface area contributed by atoms with Crippen LogP contribution in [-0.4, -0.2) is 20.9 Å². The summed E-state index contributed by atoms with van der Waals surface area (Å²) in [4.78, 5) is 24.2. The fourth-order valence-corrected chi connectivity index (χ4v) is 2.06. The first-order valence-corrected chi connectivity index (χ1v) is 7.08. The van der Waals surface area contributed by atoms with Crippen LogP contribution in [0.2, 0.25) is 0 Å². The molecule has 1 N–H and O–H groups in total. The fraction of sp³-hybridized carbons (Fsp3) is 0.0588. The molecule has 0 unspecified atom stereocenters. The maximum absolute atomic E-state index is 13.5. The Morgan fingerprint density at radius 3 is 2.33 bits per heavy atom. The second-order valence-corrected chi connectivity index (χ2v) is 4.92. The molecule has 0 aliphatic carbocycles. The second kappa shape index (κ2) is 6.91. The predicted octanol–water partition coefficient (Wildman–Crippen LogP) is 2.75. The molecule has 0 radical (unpaired) electrons. The van der Waals surface area contributed by atoms with Crippen LogP contribution in [0.4, 0.5) is 8.78 Å². The van der Waals surface area contributed by atoms with Crippen molar-refractivity contribution >= 4 is 5.91 Å². The lowest BCUT2D eigenvalue weighted by molar-refractivity contribution is 0.0949. The van der Waals surface area contributed by atoms with Gasteiger partial charge in [0.2, 0.25) is 0 Å².